The Morgan fingerprint density at radius 3 is 3.00 bits per heavy atom. The fraction of sp³-hybridized carbons (Fsp3) is 0.400. The molecule has 0 spiro atoms. The molecule has 0 amide bonds. The molecule has 0 N–H and O–H groups in total. The number of halogens is 2. The summed E-state index contributed by atoms with van der Waals surface area (Å²) in [4.78, 5) is 0. The van der Waals surface area contributed by atoms with Crippen LogP contribution in [0.3, 0.4) is 0 Å². The first-order valence-corrected chi connectivity index (χ1v) is 6.72. The summed E-state index contributed by atoms with van der Waals surface area (Å²) in [5, 5.41) is 0.662. The molecule has 0 radical (unpaired) electrons. The van der Waals surface area contributed by atoms with Crippen molar-refractivity contribution in [2.75, 3.05) is 18.1 Å². The molecule has 0 aliphatic rings. The van der Waals surface area contributed by atoms with Crippen LogP contribution in [0.25, 0.3) is 0 Å². The van der Waals surface area contributed by atoms with E-state index in [0.717, 1.165) is 21.7 Å². The minimum Gasteiger partial charge on any atom is -0.491 e. The van der Waals surface area contributed by atoms with Crippen LogP contribution in [0.15, 0.2) is 22.7 Å². The lowest BCUT2D eigenvalue weighted by atomic mass is 10.3. The minimum atomic E-state index is 0.662. The van der Waals surface area contributed by atoms with Gasteiger partial charge in [-0.15, -0.1) is 0 Å². The maximum absolute atomic E-state index is 5.96. The summed E-state index contributed by atoms with van der Waals surface area (Å²) in [6.45, 7) is 2.84. The van der Waals surface area contributed by atoms with Crippen LogP contribution < -0.4 is 4.74 Å². The third-order valence-corrected chi connectivity index (χ3v) is 3.25. The number of hydrogen-bond acceptors (Lipinski definition) is 2. The molecule has 0 atom stereocenters. The summed E-state index contributed by atoms with van der Waals surface area (Å²) in [6.07, 6.45) is 0. The van der Waals surface area contributed by atoms with Crippen molar-refractivity contribution in [1.29, 1.82) is 0 Å². The van der Waals surface area contributed by atoms with Crippen LogP contribution in [-0.4, -0.2) is 18.1 Å². The van der Waals surface area contributed by atoms with E-state index in [-0.39, 0.29) is 0 Å². The SMILES string of the molecule is CCSCCOc1cc(Br)ccc1Cl. The van der Waals surface area contributed by atoms with E-state index in [1.54, 1.807) is 0 Å². The quantitative estimate of drug-likeness (QED) is 0.752. The van der Waals surface area contributed by atoms with Gasteiger partial charge in [0.1, 0.15) is 5.75 Å². The van der Waals surface area contributed by atoms with Crippen molar-refractivity contribution in [2.45, 2.75) is 6.92 Å². The van der Waals surface area contributed by atoms with E-state index in [1.807, 2.05) is 30.0 Å². The van der Waals surface area contributed by atoms with Crippen molar-refractivity contribution in [3.05, 3.63) is 27.7 Å². The van der Waals surface area contributed by atoms with Gasteiger partial charge in [0.15, 0.2) is 0 Å². The lowest BCUT2D eigenvalue weighted by molar-refractivity contribution is 0.344. The Labute approximate surface area is 102 Å². The van der Waals surface area contributed by atoms with E-state index in [2.05, 4.69) is 22.9 Å². The van der Waals surface area contributed by atoms with Gasteiger partial charge in [-0.1, -0.05) is 34.5 Å². The van der Waals surface area contributed by atoms with Gasteiger partial charge in [0.25, 0.3) is 0 Å². The zero-order chi connectivity index (χ0) is 10.4. The topological polar surface area (TPSA) is 9.23 Å². The third-order valence-electron chi connectivity index (χ3n) is 1.58. The van der Waals surface area contributed by atoms with Gasteiger partial charge >= 0.3 is 0 Å². The standard InChI is InChI=1S/C10H12BrClOS/c1-2-14-6-5-13-10-7-8(11)3-4-9(10)12/h3-4,7H,2,5-6H2,1H3. The van der Waals surface area contributed by atoms with Gasteiger partial charge in [-0.3, -0.25) is 0 Å². The third kappa shape index (κ3) is 4.11. The van der Waals surface area contributed by atoms with Gasteiger partial charge in [0, 0.05) is 10.2 Å². The van der Waals surface area contributed by atoms with Crippen LogP contribution in [0.4, 0.5) is 0 Å². The number of thioether (sulfide) groups is 1. The molecule has 4 heteroatoms. The van der Waals surface area contributed by atoms with Gasteiger partial charge in [-0.25, -0.2) is 0 Å². The highest BCUT2D eigenvalue weighted by atomic mass is 79.9. The van der Waals surface area contributed by atoms with E-state index < -0.39 is 0 Å². The molecule has 1 aromatic rings. The smallest absolute Gasteiger partial charge is 0.139 e. The molecule has 78 valence electrons. The van der Waals surface area contributed by atoms with Crippen molar-refractivity contribution in [2.24, 2.45) is 0 Å². The fourth-order valence-electron chi connectivity index (χ4n) is 0.943. The Kier molecular flexibility index (Phi) is 5.75. The highest BCUT2D eigenvalue weighted by molar-refractivity contribution is 9.10. The Balaban J connectivity index is 2.45. The summed E-state index contributed by atoms with van der Waals surface area (Å²) >= 11 is 11.2. The molecule has 1 rings (SSSR count). The van der Waals surface area contributed by atoms with E-state index in [4.69, 9.17) is 16.3 Å². The lowest BCUT2D eigenvalue weighted by Gasteiger charge is -2.07. The zero-order valence-corrected chi connectivity index (χ0v) is 11.1. The van der Waals surface area contributed by atoms with Crippen LogP contribution in [0.5, 0.6) is 5.75 Å². The molecule has 0 aromatic heterocycles. The molecular weight excluding hydrogens is 284 g/mol. The second kappa shape index (κ2) is 6.59. The van der Waals surface area contributed by atoms with E-state index >= 15 is 0 Å². The molecule has 0 aliphatic carbocycles. The predicted octanol–water partition coefficient (Wildman–Crippen LogP) is 4.23. The monoisotopic (exact) mass is 294 g/mol. The van der Waals surface area contributed by atoms with Crippen LogP contribution in [-0.2, 0) is 0 Å². The Morgan fingerprint density at radius 2 is 2.29 bits per heavy atom. The molecular formula is C10H12BrClOS. The first-order valence-electron chi connectivity index (χ1n) is 4.39. The molecule has 1 nitrogen and oxygen atoms in total. The fourth-order valence-corrected chi connectivity index (χ4v) is 1.94. The first-order chi connectivity index (χ1) is 6.74. The van der Waals surface area contributed by atoms with Crippen molar-refractivity contribution in [3.63, 3.8) is 0 Å². The number of hydrogen-bond donors (Lipinski definition) is 0. The van der Waals surface area contributed by atoms with Crippen LogP contribution in [0.2, 0.25) is 5.02 Å². The second-order valence-corrected chi connectivity index (χ2v) is 5.34. The maximum Gasteiger partial charge on any atom is 0.139 e. The molecule has 0 heterocycles. The minimum absolute atomic E-state index is 0.662. The molecule has 0 unspecified atom stereocenters. The van der Waals surface area contributed by atoms with Crippen LogP contribution >= 0.6 is 39.3 Å². The summed E-state index contributed by atoms with van der Waals surface area (Å²) in [5.74, 6) is 2.87. The van der Waals surface area contributed by atoms with Crippen LogP contribution in [0.1, 0.15) is 6.92 Å². The maximum atomic E-state index is 5.96. The van der Waals surface area contributed by atoms with Crippen molar-refractivity contribution < 1.29 is 4.74 Å². The zero-order valence-electron chi connectivity index (χ0n) is 7.93. The van der Waals surface area contributed by atoms with Crippen molar-refractivity contribution in [1.82, 2.24) is 0 Å². The molecule has 0 fully saturated rings. The molecule has 0 saturated heterocycles. The Hall–Kier alpha value is 0.140. The summed E-state index contributed by atoms with van der Waals surface area (Å²) in [7, 11) is 0. The van der Waals surface area contributed by atoms with Gasteiger partial charge in [-0.05, 0) is 24.0 Å². The van der Waals surface area contributed by atoms with E-state index in [1.165, 1.54) is 0 Å². The van der Waals surface area contributed by atoms with Gasteiger partial charge < -0.3 is 4.74 Å². The predicted molar refractivity (Wildman–Crippen MR) is 67.6 cm³/mol. The molecule has 0 bridgehead atoms. The van der Waals surface area contributed by atoms with Crippen molar-refractivity contribution in [3.8, 4) is 5.75 Å². The molecule has 0 aliphatic heterocycles. The second-order valence-electron chi connectivity index (χ2n) is 2.62. The molecule has 0 saturated carbocycles. The first kappa shape index (κ1) is 12.2. The lowest BCUT2D eigenvalue weighted by Crippen LogP contribution is -2.00. The number of benzene rings is 1. The summed E-state index contributed by atoms with van der Waals surface area (Å²) in [6, 6.07) is 5.61. The normalized spacial score (nSPS) is 10.2. The molecule has 1 aromatic carbocycles. The summed E-state index contributed by atoms with van der Waals surface area (Å²) in [5.41, 5.74) is 0. The van der Waals surface area contributed by atoms with Gasteiger partial charge in [-0.2, -0.15) is 11.8 Å². The highest BCUT2D eigenvalue weighted by Crippen LogP contribution is 2.27. The van der Waals surface area contributed by atoms with E-state index in [0.29, 0.717) is 11.6 Å². The van der Waals surface area contributed by atoms with Gasteiger partial charge in [0.2, 0.25) is 0 Å². The Bertz CT molecular complexity index is 293. The average molecular weight is 296 g/mol. The molecule has 14 heavy (non-hydrogen) atoms. The van der Waals surface area contributed by atoms with E-state index in [9.17, 15) is 0 Å². The highest BCUT2D eigenvalue weighted by Gasteiger charge is 2.01. The number of rotatable bonds is 5. The summed E-state index contributed by atoms with van der Waals surface area (Å²) < 4.78 is 6.52. The Morgan fingerprint density at radius 1 is 1.50 bits per heavy atom. The average Bonchev–Trinajstić information content (AvgIpc) is 2.18. The van der Waals surface area contributed by atoms with Gasteiger partial charge in [0.05, 0.1) is 11.6 Å². The van der Waals surface area contributed by atoms with Crippen LogP contribution in [0, 0.1) is 0 Å². The number of ether oxygens (including phenoxy) is 1. The largest absolute Gasteiger partial charge is 0.491 e. The van der Waals surface area contributed by atoms with Crippen molar-refractivity contribution >= 4 is 39.3 Å².